The zero-order chi connectivity index (χ0) is 23.3. The zero-order valence-electron chi connectivity index (χ0n) is 18.3. The molecule has 0 saturated carbocycles. The van der Waals surface area contributed by atoms with Crippen LogP contribution in [0.4, 0.5) is 5.95 Å². The summed E-state index contributed by atoms with van der Waals surface area (Å²) in [5, 5.41) is 7.00. The van der Waals surface area contributed by atoms with E-state index in [1.165, 1.54) is 0 Å². The number of ether oxygens (including phenoxy) is 1. The lowest BCUT2D eigenvalue weighted by Crippen LogP contribution is -2.29. The lowest BCUT2D eigenvalue weighted by molar-refractivity contribution is -0.118. The molecule has 0 spiro atoms. The van der Waals surface area contributed by atoms with Crippen LogP contribution in [0.15, 0.2) is 90.7 Å². The van der Waals surface area contributed by atoms with Gasteiger partial charge in [-0.15, -0.1) is 0 Å². The third-order valence-corrected chi connectivity index (χ3v) is 5.26. The van der Waals surface area contributed by atoms with Gasteiger partial charge in [0.2, 0.25) is 17.7 Å². The monoisotopic (exact) mass is 453 g/mol. The first-order valence-electron chi connectivity index (χ1n) is 10.9. The van der Waals surface area contributed by atoms with E-state index in [0.29, 0.717) is 23.3 Å². The maximum atomic E-state index is 11.5. The lowest BCUT2D eigenvalue weighted by Gasteiger charge is -2.16. The molecule has 0 fully saturated rings. The predicted octanol–water partition coefficient (Wildman–Crippen LogP) is 3.66. The van der Waals surface area contributed by atoms with Crippen LogP contribution in [-0.4, -0.2) is 32.0 Å². The molecule has 1 aromatic carbocycles. The van der Waals surface area contributed by atoms with Crippen molar-refractivity contribution in [3.8, 4) is 17.4 Å². The minimum Gasteiger partial charge on any atom is -0.439 e. The van der Waals surface area contributed by atoms with Crippen molar-refractivity contribution >= 4 is 22.8 Å². The Hall–Kier alpha value is -4.50. The molecule has 170 valence electrons. The third kappa shape index (κ3) is 4.79. The molecule has 5 rings (SSSR count). The normalized spacial score (nSPS) is 13.2. The molecule has 0 atom stereocenters. The number of pyridine rings is 1. The van der Waals surface area contributed by atoms with Crippen LogP contribution in [0.2, 0.25) is 0 Å². The fourth-order valence-electron chi connectivity index (χ4n) is 3.70. The van der Waals surface area contributed by atoms with E-state index in [1.54, 1.807) is 18.5 Å². The molecule has 4 aromatic rings. The second kappa shape index (κ2) is 9.55. The number of anilines is 1. The van der Waals surface area contributed by atoms with Gasteiger partial charge >= 0.3 is 0 Å². The SMILES string of the molecule is NCC(=O)NC1=CCCC(Nc2nccc(Oc3ccc4c(ccn4-c4ccccn4)c3)n2)=C1. The van der Waals surface area contributed by atoms with Gasteiger partial charge in [-0.05, 0) is 55.3 Å². The summed E-state index contributed by atoms with van der Waals surface area (Å²) in [7, 11) is 0. The quantitative estimate of drug-likeness (QED) is 0.391. The summed E-state index contributed by atoms with van der Waals surface area (Å²) in [6, 6.07) is 15.4. The minimum absolute atomic E-state index is 0.0594. The minimum atomic E-state index is -0.234. The molecule has 1 aliphatic carbocycles. The Balaban J connectivity index is 1.30. The Morgan fingerprint density at radius 3 is 2.91 bits per heavy atom. The van der Waals surface area contributed by atoms with Gasteiger partial charge in [0.05, 0.1) is 12.1 Å². The summed E-state index contributed by atoms with van der Waals surface area (Å²) in [4.78, 5) is 24.7. The largest absolute Gasteiger partial charge is 0.439 e. The van der Waals surface area contributed by atoms with E-state index in [2.05, 4.69) is 25.6 Å². The van der Waals surface area contributed by atoms with Crippen molar-refractivity contribution in [1.82, 2.24) is 24.8 Å². The molecule has 0 bridgehead atoms. The molecule has 4 N–H and O–H groups in total. The maximum Gasteiger partial charge on any atom is 0.238 e. The molecule has 3 aromatic heterocycles. The number of aromatic nitrogens is 4. The molecule has 3 heterocycles. The predicted molar refractivity (Wildman–Crippen MR) is 129 cm³/mol. The number of fused-ring (bicyclic) bond motifs is 1. The summed E-state index contributed by atoms with van der Waals surface area (Å²) in [6.07, 6.45) is 10.8. The standard InChI is InChI=1S/C25H23N7O2/c26-16-23(33)29-18-4-3-5-19(15-18)30-25-28-12-9-24(31-25)34-20-7-8-21-17(14-20)10-13-32(21)22-6-1-2-11-27-22/h1-2,4,6-15H,3,5,16,26H2,(H,29,33)(H,28,30,31). The highest BCUT2D eigenvalue weighted by Crippen LogP contribution is 2.27. The summed E-state index contributed by atoms with van der Waals surface area (Å²) in [5.41, 5.74) is 8.01. The van der Waals surface area contributed by atoms with Gasteiger partial charge in [-0.2, -0.15) is 4.98 Å². The molecule has 0 radical (unpaired) electrons. The number of carbonyl (C=O) groups is 1. The first-order valence-corrected chi connectivity index (χ1v) is 10.9. The Morgan fingerprint density at radius 1 is 1.12 bits per heavy atom. The summed E-state index contributed by atoms with van der Waals surface area (Å²) in [5.74, 6) is 2.13. The van der Waals surface area contributed by atoms with Gasteiger partial charge in [-0.25, -0.2) is 9.97 Å². The number of nitrogens with two attached hydrogens (primary N) is 1. The molecule has 9 heteroatoms. The van der Waals surface area contributed by atoms with E-state index in [9.17, 15) is 4.79 Å². The molecular weight excluding hydrogens is 430 g/mol. The highest BCUT2D eigenvalue weighted by atomic mass is 16.5. The number of amides is 1. The summed E-state index contributed by atoms with van der Waals surface area (Å²) in [6.45, 7) is -0.0594. The Morgan fingerprint density at radius 2 is 2.06 bits per heavy atom. The number of hydrogen-bond acceptors (Lipinski definition) is 7. The van der Waals surface area contributed by atoms with Crippen molar-refractivity contribution in [3.05, 3.63) is 90.7 Å². The Labute approximate surface area is 196 Å². The average Bonchev–Trinajstić information content (AvgIpc) is 3.28. The Kier molecular flexibility index (Phi) is 6.00. The van der Waals surface area contributed by atoms with Crippen LogP contribution in [0, 0.1) is 0 Å². The van der Waals surface area contributed by atoms with E-state index >= 15 is 0 Å². The van der Waals surface area contributed by atoms with Crippen LogP contribution in [-0.2, 0) is 4.79 Å². The Bertz CT molecular complexity index is 1390. The van der Waals surface area contributed by atoms with Gasteiger partial charge in [0.1, 0.15) is 11.6 Å². The highest BCUT2D eigenvalue weighted by molar-refractivity contribution is 5.83. The first kappa shape index (κ1) is 21.4. The average molecular weight is 454 g/mol. The van der Waals surface area contributed by atoms with E-state index in [0.717, 1.165) is 35.3 Å². The van der Waals surface area contributed by atoms with Gasteiger partial charge in [0, 0.05) is 41.4 Å². The number of benzene rings is 1. The van der Waals surface area contributed by atoms with E-state index in [1.807, 2.05) is 65.4 Å². The van der Waals surface area contributed by atoms with Gasteiger partial charge in [0.25, 0.3) is 0 Å². The van der Waals surface area contributed by atoms with Crippen LogP contribution >= 0.6 is 0 Å². The van der Waals surface area contributed by atoms with Crippen LogP contribution in [0.3, 0.4) is 0 Å². The molecule has 1 aliphatic rings. The van der Waals surface area contributed by atoms with Crippen molar-refractivity contribution in [3.63, 3.8) is 0 Å². The number of nitrogens with zero attached hydrogens (tertiary/aromatic N) is 4. The second-order valence-electron chi connectivity index (χ2n) is 7.66. The topological polar surface area (TPSA) is 120 Å². The van der Waals surface area contributed by atoms with Crippen LogP contribution in [0.5, 0.6) is 11.6 Å². The summed E-state index contributed by atoms with van der Waals surface area (Å²) < 4.78 is 8.03. The van der Waals surface area contributed by atoms with Crippen molar-refractivity contribution < 1.29 is 9.53 Å². The van der Waals surface area contributed by atoms with Crippen LogP contribution in [0.25, 0.3) is 16.7 Å². The smallest absolute Gasteiger partial charge is 0.238 e. The summed E-state index contributed by atoms with van der Waals surface area (Å²) >= 11 is 0. The molecule has 1 amide bonds. The van der Waals surface area contributed by atoms with Gasteiger partial charge in [0.15, 0.2) is 0 Å². The number of allylic oxidation sites excluding steroid dienone is 3. The second-order valence-corrected chi connectivity index (χ2v) is 7.66. The van der Waals surface area contributed by atoms with Crippen molar-refractivity contribution in [2.45, 2.75) is 12.8 Å². The molecule has 34 heavy (non-hydrogen) atoms. The molecule has 0 unspecified atom stereocenters. The molecule has 9 nitrogen and oxygen atoms in total. The lowest BCUT2D eigenvalue weighted by atomic mass is 10.1. The van der Waals surface area contributed by atoms with E-state index < -0.39 is 0 Å². The first-order chi connectivity index (χ1) is 16.7. The number of rotatable bonds is 7. The molecule has 0 aliphatic heterocycles. The molecule has 0 saturated heterocycles. The molecular formula is C25H23N7O2. The fraction of sp³-hybridized carbons (Fsp3) is 0.120. The number of carbonyl (C=O) groups excluding carboxylic acids is 1. The van der Waals surface area contributed by atoms with Crippen LogP contribution < -0.4 is 21.1 Å². The van der Waals surface area contributed by atoms with Gasteiger partial charge in [-0.3, -0.25) is 4.79 Å². The zero-order valence-corrected chi connectivity index (χ0v) is 18.3. The number of nitrogens with one attached hydrogen (secondary N) is 2. The van der Waals surface area contributed by atoms with Gasteiger partial charge < -0.3 is 25.7 Å². The maximum absolute atomic E-state index is 11.5. The van der Waals surface area contributed by atoms with Crippen molar-refractivity contribution in [1.29, 1.82) is 0 Å². The van der Waals surface area contributed by atoms with E-state index in [4.69, 9.17) is 10.5 Å². The third-order valence-electron chi connectivity index (χ3n) is 5.26. The van der Waals surface area contributed by atoms with Crippen LogP contribution in [0.1, 0.15) is 12.8 Å². The fourth-order valence-corrected chi connectivity index (χ4v) is 3.70. The van der Waals surface area contributed by atoms with E-state index in [-0.39, 0.29) is 12.5 Å². The highest BCUT2D eigenvalue weighted by Gasteiger charge is 2.11. The van der Waals surface area contributed by atoms with Gasteiger partial charge in [-0.1, -0.05) is 12.1 Å². The van der Waals surface area contributed by atoms with Crippen molar-refractivity contribution in [2.75, 3.05) is 11.9 Å². The number of hydrogen-bond donors (Lipinski definition) is 3. The van der Waals surface area contributed by atoms with Crippen molar-refractivity contribution in [2.24, 2.45) is 5.73 Å².